The van der Waals surface area contributed by atoms with E-state index in [1.807, 2.05) is 6.07 Å². The Hall–Kier alpha value is -0.940. The van der Waals surface area contributed by atoms with Crippen molar-refractivity contribution < 1.29 is 4.74 Å². The highest BCUT2D eigenvalue weighted by molar-refractivity contribution is 7.71. The Morgan fingerprint density at radius 3 is 3.12 bits per heavy atom. The van der Waals surface area contributed by atoms with E-state index in [1.54, 1.807) is 7.11 Å². The summed E-state index contributed by atoms with van der Waals surface area (Å²) in [4.78, 5) is 7.63. The Morgan fingerprint density at radius 2 is 2.44 bits per heavy atom. The van der Waals surface area contributed by atoms with Gasteiger partial charge in [0.15, 0.2) is 0 Å². The van der Waals surface area contributed by atoms with E-state index >= 15 is 0 Å². The molecule has 2 rings (SSSR count). The van der Waals surface area contributed by atoms with Gasteiger partial charge in [-0.1, -0.05) is 12.2 Å². The zero-order valence-corrected chi connectivity index (χ0v) is 10.3. The van der Waals surface area contributed by atoms with Crippen LogP contribution in [-0.2, 0) is 4.74 Å². The monoisotopic (exact) mass is 239 g/mol. The third kappa shape index (κ3) is 3.28. The molecule has 1 fully saturated rings. The van der Waals surface area contributed by atoms with Gasteiger partial charge in [-0.15, -0.1) is 0 Å². The van der Waals surface area contributed by atoms with Crippen molar-refractivity contribution in [2.75, 3.05) is 25.6 Å². The standard InChI is InChI=1S/C11H17N3OS/c1-15-6-2-5-12-9-7-10(16)14-11(13-9)8-3-4-8/h7-8H,2-6H2,1H3,(H2,12,13,14,16). The van der Waals surface area contributed by atoms with Crippen LogP contribution in [0.1, 0.15) is 31.0 Å². The number of ether oxygens (including phenoxy) is 1. The second kappa shape index (κ2) is 5.41. The molecule has 1 aliphatic carbocycles. The summed E-state index contributed by atoms with van der Waals surface area (Å²) in [5.41, 5.74) is 0. The van der Waals surface area contributed by atoms with E-state index in [2.05, 4.69) is 15.3 Å². The van der Waals surface area contributed by atoms with Crippen molar-refractivity contribution in [2.24, 2.45) is 0 Å². The maximum Gasteiger partial charge on any atom is 0.131 e. The SMILES string of the molecule is COCCCNc1cc(=S)nc(C2CC2)[nH]1. The van der Waals surface area contributed by atoms with Crippen molar-refractivity contribution in [3.63, 3.8) is 0 Å². The molecular weight excluding hydrogens is 222 g/mol. The Morgan fingerprint density at radius 1 is 1.62 bits per heavy atom. The first kappa shape index (κ1) is 11.5. The third-order valence-corrected chi connectivity index (χ3v) is 2.78. The number of nitrogens with zero attached hydrogens (tertiary/aromatic N) is 1. The van der Waals surface area contributed by atoms with Gasteiger partial charge in [0.05, 0.1) is 0 Å². The van der Waals surface area contributed by atoms with Gasteiger partial charge >= 0.3 is 0 Å². The zero-order valence-electron chi connectivity index (χ0n) is 9.45. The largest absolute Gasteiger partial charge is 0.385 e. The second-order valence-electron chi connectivity index (χ2n) is 4.07. The highest BCUT2D eigenvalue weighted by Crippen LogP contribution is 2.38. The van der Waals surface area contributed by atoms with E-state index in [9.17, 15) is 0 Å². The van der Waals surface area contributed by atoms with Gasteiger partial charge in [0.2, 0.25) is 0 Å². The van der Waals surface area contributed by atoms with E-state index in [1.165, 1.54) is 12.8 Å². The highest BCUT2D eigenvalue weighted by Gasteiger charge is 2.25. The fraction of sp³-hybridized carbons (Fsp3) is 0.636. The first-order valence-corrected chi connectivity index (χ1v) is 6.04. The van der Waals surface area contributed by atoms with Gasteiger partial charge in [-0.05, 0) is 19.3 Å². The fourth-order valence-electron chi connectivity index (χ4n) is 1.56. The number of anilines is 1. The minimum absolute atomic E-state index is 0.599. The van der Waals surface area contributed by atoms with Crippen molar-refractivity contribution in [2.45, 2.75) is 25.2 Å². The smallest absolute Gasteiger partial charge is 0.131 e. The van der Waals surface area contributed by atoms with Crippen molar-refractivity contribution in [1.82, 2.24) is 9.97 Å². The van der Waals surface area contributed by atoms with Gasteiger partial charge < -0.3 is 15.0 Å². The van der Waals surface area contributed by atoms with Crippen LogP contribution in [0.2, 0.25) is 0 Å². The van der Waals surface area contributed by atoms with Crippen molar-refractivity contribution in [1.29, 1.82) is 0 Å². The molecule has 2 N–H and O–H groups in total. The molecule has 16 heavy (non-hydrogen) atoms. The maximum absolute atomic E-state index is 5.14. The average Bonchev–Trinajstić information content (AvgIpc) is 3.07. The number of methoxy groups -OCH3 is 1. The summed E-state index contributed by atoms with van der Waals surface area (Å²) in [6.07, 6.45) is 3.44. The highest BCUT2D eigenvalue weighted by atomic mass is 32.1. The number of aromatic nitrogens is 2. The number of rotatable bonds is 6. The topological polar surface area (TPSA) is 49.9 Å². The molecule has 4 nitrogen and oxygen atoms in total. The van der Waals surface area contributed by atoms with Gasteiger partial charge in [0.1, 0.15) is 16.3 Å². The Bertz CT molecular complexity index is 400. The molecule has 1 aliphatic rings. The molecule has 0 saturated heterocycles. The molecule has 0 bridgehead atoms. The summed E-state index contributed by atoms with van der Waals surface area (Å²) in [7, 11) is 1.71. The van der Waals surface area contributed by atoms with Crippen LogP contribution in [0.4, 0.5) is 5.82 Å². The van der Waals surface area contributed by atoms with Crippen molar-refractivity contribution >= 4 is 18.0 Å². The van der Waals surface area contributed by atoms with Gasteiger partial charge in [-0.3, -0.25) is 0 Å². The van der Waals surface area contributed by atoms with Crippen LogP contribution in [0.25, 0.3) is 0 Å². The summed E-state index contributed by atoms with van der Waals surface area (Å²) < 4.78 is 5.65. The van der Waals surface area contributed by atoms with Crippen LogP contribution in [-0.4, -0.2) is 30.2 Å². The molecule has 0 aromatic carbocycles. The first-order valence-electron chi connectivity index (χ1n) is 5.63. The van der Waals surface area contributed by atoms with Crippen LogP contribution in [0.3, 0.4) is 0 Å². The Labute approximate surface area is 100 Å². The van der Waals surface area contributed by atoms with Crippen LogP contribution in [0.5, 0.6) is 0 Å². The molecule has 0 unspecified atom stereocenters. The molecule has 1 saturated carbocycles. The van der Waals surface area contributed by atoms with E-state index in [0.717, 1.165) is 31.2 Å². The fourth-order valence-corrected chi connectivity index (χ4v) is 1.78. The second-order valence-corrected chi connectivity index (χ2v) is 4.48. The summed E-state index contributed by atoms with van der Waals surface area (Å²) >= 11 is 5.14. The molecule has 0 atom stereocenters. The molecule has 1 heterocycles. The number of aromatic amines is 1. The van der Waals surface area contributed by atoms with E-state index in [4.69, 9.17) is 17.0 Å². The van der Waals surface area contributed by atoms with Gasteiger partial charge in [0, 0.05) is 32.2 Å². The molecule has 0 radical (unpaired) electrons. The van der Waals surface area contributed by atoms with Crippen LogP contribution in [0.15, 0.2) is 6.07 Å². The minimum atomic E-state index is 0.599. The van der Waals surface area contributed by atoms with Crippen LogP contribution in [0, 0.1) is 4.64 Å². The zero-order chi connectivity index (χ0) is 11.4. The van der Waals surface area contributed by atoms with Crippen molar-refractivity contribution in [3.05, 3.63) is 16.5 Å². The quantitative estimate of drug-likeness (QED) is 0.591. The van der Waals surface area contributed by atoms with Crippen LogP contribution >= 0.6 is 12.2 Å². The number of hydrogen-bond acceptors (Lipinski definition) is 4. The minimum Gasteiger partial charge on any atom is -0.385 e. The molecule has 0 spiro atoms. The van der Waals surface area contributed by atoms with Crippen molar-refractivity contribution in [3.8, 4) is 0 Å². The summed E-state index contributed by atoms with van der Waals surface area (Å²) in [6.45, 7) is 1.65. The van der Waals surface area contributed by atoms with Gasteiger partial charge in [-0.25, -0.2) is 4.98 Å². The van der Waals surface area contributed by atoms with E-state index in [-0.39, 0.29) is 0 Å². The van der Waals surface area contributed by atoms with E-state index in [0.29, 0.717) is 10.6 Å². The lowest BCUT2D eigenvalue weighted by Gasteiger charge is -2.07. The maximum atomic E-state index is 5.14. The molecule has 88 valence electrons. The normalized spacial score (nSPS) is 15.1. The Balaban J connectivity index is 1.94. The molecule has 0 amide bonds. The molecular formula is C11H17N3OS. The number of H-pyrrole nitrogens is 1. The first-order chi connectivity index (χ1) is 7.79. The summed E-state index contributed by atoms with van der Waals surface area (Å²) in [6, 6.07) is 1.87. The lowest BCUT2D eigenvalue weighted by molar-refractivity contribution is 0.197. The predicted octanol–water partition coefficient (Wildman–Crippen LogP) is 2.46. The lowest BCUT2D eigenvalue weighted by atomic mass is 10.4. The molecule has 1 aromatic rings. The summed E-state index contributed by atoms with van der Waals surface area (Å²) in [5, 5.41) is 3.30. The number of hydrogen-bond donors (Lipinski definition) is 2. The van der Waals surface area contributed by atoms with E-state index < -0.39 is 0 Å². The Kier molecular flexibility index (Phi) is 3.90. The summed E-state index contributed by atoms with van der Waals surface area (Å²) in [5.74, 6) is 2.60. The third-order valence-electron chi connectivity index (χ3n) is 2.57. The van der Waals surface area contributed by atoms with Crippen LogP contribution < -0.4 is 5.32 Å². The lowest BCUT2D eigenvalue weighted by Crippen LogP contribution is -2.07. The van der Waals surface area contributed by atoms with Gasteiger partial charge in [-0.2, -0.15) is 0 Å². The molecule has 0 aliphatic heterocycles. The molecule has 5 heteroatoms. The number of nitrogens with one attached hydrogen (secondary N) is 2. The molecule has 1 aromatic heterocycles. The predicted molar refractivity (Wildman–Crippen MR) is 66.4 cm³/mol. The average molecular weight is 239 g/mol. The van der Waals surface area contributed by atoms with Gasteiger partial charge in [0.25, 0.3) is 0 Å².